The first kappa shape index (κ1) is 12.1. The Hall–Kier alpha value is -1.32. The molecule has 0 saturated carbocycles. The minimum absolute atomic E-state index is 0.506. The van der Waals surface area contributed by atoms with Crippen LogP contribution in [0.15, 0.2) is 35.7 Å². The molecule has 2 rings (SSSR count). The molecule has 90 valence electrons. The third-order valence-corrected chi connectivity index (χ3v) is 3.42. The van der Waals surface area contributed by atoms with Crippen molar-refractivity contribution in [3.05, 3.63) is 51.7 Å². The van der Waals surface area contributed by atoms with Crippen LogP contribution in [0.3, 0.4) is 0 Å². The molecule has 3 heteroatoms. The molecule has 0 spiro atoms. The van der Waals surface area contributed by atoms with E-state index in [0.29, 0.717) is 6.61 Å². The van der Waals surface area contributed by atoms with Crippen LogP contribution in [0.2, 0.25) is 0 Å². The predicted molar refractivity (Wildman–Crippen MR) is 70.5 cm³/mol. The number of ether oxygens (including phenoxy) is 1. The van der Waals surface area contributed by atoms with Gasteiger partial charge < -0.3 is 9.84 Å². The number of aliphatic hydroxyl groups is 1. The summed E-state index contributed by atoms with van der Waals surface area (Å²) in [6.07, 6.45) is -0.506. The highest BCUT2D eigenvalue weighted by Gasteiger charge is 2.09. The molecule has 0 aliphatic heterocycles. The van der Waals surface area contributed by atoms with Crippen LogP contribution >= 0.6 is 11.3 Å². The van der Waals surface area contributed by atoms with E-state index in [1.54, 1.807) is 18.3 Å². The summed E-state index contributed by atoms with van der Waals surface area (Å²) < 4.78 is 5.77. The van der Waals surface area contributed by atoms with Crippen molar-refractivity contribution in [3.63, 3.8) is 0 Å². The van der Waals surface area contributed by atoms with Gasteiger partial charge in [-0.25, -0.2) is 0 Å². The fourth-order valence-electron chi connectivity index (χ4n) is 1.66. The third kappa shape index (κ3) is 3.08. The summed E-state index contributed by atoms with van der Waals surface area (Å²) in [6, 6.07) is 9.93. The summed E-state index contributed by atoms with van der Waals surface area (Å²) >= 11 is 1.67. The highest BCUT2D eigenvalue weighted by atomic mass is 32.1. The van der Waals surface area contributed by atoms with Crippen molar-refractivity contribution >= 4 is 11.3 Å². The first-order valence-electron chi connectivity index (χ1n) is 5.60. The molecule has 0 saturated heterocycles. The number of hydrogen-bond donors (Lipinski definition) is 1. The van der Waals surface area contributed by atoms with E-state index in [-0.39, 0.29) is 0 Å². The second-order valence-corrected chi connectivity index (χ2v) is 5.12. The average molecular weight is 248 g/mol. The Morgan fingerprint density at radius 1 is 1.35 bits per heavy atom. The smallest absolute Gasteiger partial charge is 0.125 e. The van der Waals surface area contributed by atoms with Crippen LogP contribution in [0.1, 0.15) is 29.0 Å². The van der Waals surface area contributed by atoms with Gasteiger partial charge in [0.1, 0.15) is 12.4 Å². The number of benzene rings is 1. The maximum Gasteiger partial charge on any atom is 0.125 e. The molecule has 1 aromatic heterocycles. The standard InChI is InChI=1S/C14H16O2S/c1-10-5-6-13(11(2)15)14(8-10)16-9-12-4-3-7-17-12/h3-8,11,15H,9H2,1-2H3. The van der Waals surface area contributed by atoms with E-state index in [1.165, 1.54) is 4.88 Å². The van der Waals surface area contributed by atoms with Crippen LogP contribution in [0.25, 0.3) is 0 Å². The summed E-state index contributed by atoms with van der Waals surface area (Å²) in [5.41, 5.74) is 1.97. The van der Waals surface area contributed by atoms with Crippen molar-refractivity contribution < 1.29 is 9.84 Å². The van der Waals surface area contributed by atoms with E-state index < -0.39 is 6.10 Å². The van der Waals surface area contributed by atoms with Gasteiger partial charge in [0.2, 0.25) is 0 Å². The zero-order chi connectivity index (χ0) is 12.3. The Kier molecular flexibility index (Phi) is 3.82. The molecule has 1 atom stereocenters. The van der Waals surface area contributed by atoms with E-state index >= 15 is 0 Å². The average Bonchev–Trinajstić information content (AvgIpc) is 2.78. The maximum absolute atomic E-state index is 9.68. The molecule has 1 aromatic carbocycles. The second-order valence-electron chi connectivity index (χ2n) is 4.09. The quantitative estimate of drug-likeness (QED) is 0.894. The maximum atomic E-state index is 9.68. The molecule has 0 fully saturated rings. The second kappa shape index (κ2) is 5.34. The van der Waals surface area contributed by atoms with Gasteiger partial charge >= 0.3 is 0 Å². The Balaban J connectivity index is 2.16. The number of rotatable bonds is 4. The number of hydrogen-bond acceptors (Lipinski definition) is 3. The lowest BCUT2D eigenvalue weighted by atomic mass is 10.1. The summed E-state index contributed by atoms with van der Waals surface area (Å²) in [5.74, 6) is 0.772. The summed E-state index contributed by atoms with van der Waals surface area (Å²) in [6.45, 7) is 4.33. The van der Waals surface area contributed by atoms with Gasteiger partial charge in [-0.3, -0.25) is 0 Å². The lowest BCUT2D eigenvalue weighted by Crippen LogP contribution is -2.00. The third-order valence-electron chi connectivity index (χ3n) is 2.57. The number of aryl methyl sites for hydroxylation is 1. The minimum Gasteiger partial charge on any atom is -0.488 e. The van der Waals surface area contributed by atoms with Gasteiger partial charge in [0.15, 0.2) is 0 Å². The molecule has 0 amide bonds. The number of thiophene rings is 1. The normalized spacial score (nSPS) is 12.4. The van der Waals surface area contributed by atoms with Crippen LogP contribution < -0.4 is 4.74 Å². The molecule has 0 radical (unpaired) electrons. The van der Waals surface area contributed by atoms with Gasteiger partial charge in [-0.2, -0.15) is 0 Å². The van der Waals surface area contributed by atoms with Crippen molar-refractivity contribution in [2.75, 3.05) is 0 Å². The molecule has 1 unspecified atom stereocenters. The Morgan fingerprint density at radius 2 is 2.18 bits per heavy atom. The van der Waals surface area contributed by atoms with Crippen molar-refractivity contribution in [3.8, 4) is 5.75 Å². The van der Waals surface area contributed by atoms with Gasteiger partial charge in [0, 0.05) is 10.4 Å². The zero-order valence-electron chi connectivity index (χ0n) is 10.0. The molecule has 2 aromatic rings. The highest BCUT2D eigenvalue weighted by molar-refractivity contribution is 7.09. The van der Waals surface area contributed by atoms with Crippen LogP contribution in [-0.4, -0.2) is 5.11 Å². The van der Waals surface area contributed by atoms with Gasteiger partial charge in [0.25, 0.3) is 0 Å². The van der Waals surface area contributed by atoms with Crippen molar-refractivity contribution in [1.82, 2.24) is 0 Å². The molecule has 0 aliphatic rings. The van der Waals surface area contributed by atoms with E-state index in [0.717, 1.165) is 16.9 Å². The lowest BCUT2D eigenvalue weighted by molar-refractivity contribution is 0.190. The minimum atomic E-state index is -0.506. The Morgan fingerprint density at radius 3 is 2.82 bits per heavy atom. The first-order valence-corrected chi connectivity index (χ1v) is 6.48. The van der Waals surface area contributed by atoms with Crippen LogP contribution in [0.4, 0.5) is 0 Å². The predicted octanol–water partition coefficient (Wildman–Crippen LogP) is 3.69. The van der Waals surface area contributed by atoms with Gasteiger partial charge in [-0.1, -0.05) is 18.2 Å². The molecule has 17 heavy (non-hydrogen) atoms. The van der Waals surface area contributed by atoms with Crippen molar-refractivity contribution in [2.24, 2.45) is 0 Å². The van der Waals surface area contributed by atoms with Crippen LogP contribution in [0, 0.1) is 6.92 Å². The highest BCUT2D eigenvalue weighted by Crippen LogP contribution is 2.27. The Bertz CT molecular complexity index is 475. The van der Waals surface area contributed by atoms with Crippen molar-refractivity contribution in [1.29, 1.82) is 0 Å². The monoisotopic (exact) mass is 248 g/mol. The molecule has 1 heterocycles. The van der Waals surface area contributed by atoms with Crippen LogP contribution in [-0.2, 0) is 6.61 Å². The summed E-state index contributed by atoms with van der Waals surface area (Å²) in [4.78, 5) is 1.18. The Labute approximate surface area is 105 Å². The zero-order valence-corrected chi connectivity index (χ0v) is 10.8. The van der Waals surface area contributed by atoms with Gasteiger partial charge in [-0.05, 0) is 36.9 Å². The summed E-state index contributed by atoms with van der Waals surface area (Å²) in [5, 5.41) is 11.7. The van der Waals surface area contributed by atoms with E-state index in [4.69, 9.17) is 4.74 Å². The molecular weight excluding hydrogens is 232 g/mol. The molecule has 0 aliphatic carbocycles. The topological polar surface area (TPSA) is 29.5 Å². The fraction of sp³-hybridized carbons (Fsp3) is 0.286. The molecule has 1 N–H and O–H groups in total. The first-order chi connectivity index (χ1) is 8.16. The number of aliphatic hydroxyl groups excluding tert-OH is 1. The van der Waals surface area contributed by atoms with E-state index in [1.807, 2.05) is 42.6 Å². The molecular formula is C14H16O2S. The lowest BCUT2D eigenvalue weighted by Gasteiger charge is -2.13. The van der Waals surface area contributed by atoms with E-state index in [9.17, 15) is 5.11 Å². The molecule has 2 nitrogen and oxygen atoms in total. The summed E-state index contributed by atoms with van der Waals surface area (Å²) in [7, 11) is 0. The largest absolute Gasteiger partial charge is 0.488 e. The van der Waals surface area contributed by atoms with Crippen LogP contribution in [0.5, 0.6) is 5.75 Å². The van der Waals surface area contributed by atoms with Crippen molar-refractivity contribution in [2.45, 2.75) is 26.6 Å². The molecule has 0 bridgehead atoms. The van der Waals surface area contributed by atoms with Gasteiger partial charge in [-0.15, -0.1) is 11.3 Å². The van der Waals surface area contributed by atoms with Gasteiger partial charge in [0.05, 0.1) is 6.10 Å². The fourth-order valence-corrected chi connectivity index (χ4v) is 2.27. The van der Waals surface area contributed by atoms with E-state index in [2.05, 4.69) is 0 Å². The SMILES string of the molecule is Cc1ccc(C(C)O)c(OCc2cccs2)c1.